The van der Waals surface area contributed by atoms with Gasteiger partial charge in [-0.2, -0.15) is 5.10 Å². The Hall–Kier alpha value is -1.33. The molecule has 0 radical (unpaired) electrons. The molecule has 0 atom stereocenters. The molecule has 17 heavy (non-hydrogen) atoms. The van der Waals surface area contributed by atoms with Gasteiger partial charge in [-0.05, 0) is 13.0 Å². The Morgan fingerprint density at radius 1 is 1.41 bits per heavy atom. The second kappa shape index (κ2) is 4.50. The van der Waals surface area contributed by atoms with Crippen molar-refractivity contribution in [3.8, 4) is 0 Å². The van der Waals surface area contributed by atoms with Gasteiger partial charge in [0.05, 0.1) is 24.3 Å². The lowest BCUT2D eigenvalue weighted by Gasteiger charge is -2.06. The van der Waals surface area contributed by atoms with Crippen LogP contribution in [0.4, 0.5) is 0 Å². The fourth-order valence-electron chi connectivity index (χ4n) is 1.54. The lowest BCUT2D eigenvalue weighted by molar-refractivity contribution is 0.644. The Labute approximate surface area is 108 Å². The number of nitrogens with zero attached hydrogens (tertiary/aromatic N) is 4. The Balaban J connectivity index is 2.41. The summed E-state index contributed by atoms with van der Waals surface area (Å²) < 4.78 is 3.11. The number of hydrogen-bond donors (Lipinski definition) is 0. The van der Waals surface area contributed by atoms with Gasteiger partial charge >= 0.3 is 0 Å². The molecule has 0 aromatic carbocycles. The summed E-state index contributed by atoms with van der Waals surface area (Å²) in [6.07, 6.45) is 1.37. The molecule has 7 heteroatoms. The second-order valence-electron chi connectivity index (χ2n) is 3.68. The van der Waals surface area contributed by atoms with Gasteiger partial charge in [-0.15, -0.1) is 0 Å². The monoisotopic (exact) mass is 272 g/mol. The van der Waals surface area contributed by atoms with E-state index >= 15 is 0 Å². The van der Waals surface area contributed by atoms with Crippen molar-refractivity contribution in [3.05, 3.63) is 44.3 Å². The molecule has 0 fully saturated rings. The maximum Gasteiger partial charge on any atom is 0.274 e. The Kier molecular flexibility index (Phi) is 3.22. The summed E-state index contributed by atoms with van der Waals surface area (Å²) in [4.78, 5) is 15.6. The van der Waals surface area contributed by atoms with Crippen LogP contribution >= 0.6 is 23.2 Å². The van der Waals surface area contributed by atoms with E-state index in [2.05, 4.69) is 10.1 Å². The lowest BCUT2D eigenvalue weighted by atomic mass is 10.3. The van der Waals surface area contributed by atoms with Crippen molar-refractivity contribution >= 4 is 23.2 Å². The molecule has 0 unspecified atom stereocenters. The van der Waals surface area contributed by atoms with Crippen LogP contribution in [0.5, 0.6) is 0 Å². The third kappa shape index (κ3) is 2.35. The fraction of sp³-hybridized carbons (Fsp3) is 0.300. The molecule has 0 aliphatic heterocycles. The summed E-state index contributed by atoms with van der Waals surface area (Å²) >= 11 is 11.4. The average Bonchev–Trinajstić information content (AvgIpc) is 2.58. The normalized spacial score (nSPS) is 10.8. The molecule has 2 aromatic heterocycles. The molecule has 0 spiro atoms. The largest absolute Gasteiger partial charge is 0.292 e. The van der Waals surface area contributed by atoms with Gasteiger partial charge in [0.25, 0.3) is 5.56 Å². The molecule has 90 valence electrons. The van der Waals surface area contributed by atoms with Crippen LogP contribution in [0, 0.1) is 6.92 Å². The molecule has 0 amide bonds. The second-order valence-corrected chi connectivity index (χ2v) is 4.42. The van der Waals surface area contributed by atoms with E-state index in [4.69, 9.17) is 23.2 Å². The maximum atomic E-state index is 11.8. The molecular formula is C10H10Cl2N4O. The van der Waals surface area contributed by atoms with Gasteiger partial charge in [0, 0.05) is 7.05 Å². The predicted molar refractivity (Wildman–Crippen MR) is 65.6 cm³/mol. The van der Waals surface area contributed by atoms with Crippen LogP contribution in [0.25, 0.3) is 0 Å². The highest BCUT2D eigenvalue weighted by Crippen LogP contribution is 2.13. The summed E-state index contributed by atoms with van der Waals surface area (Å²) in [7, 11) is 1.82. The number of rotatable bonds is 2. The van der Waals surface area contributed by atoms with Crippen LogP contribution in [0.1, 0.15) is 11.4 Å². The third-order valence-electron chi connectivity index (χ3n) is 2.37. The number of halogens is 2. The molecule has 0 saturated carbocycles. The van der Waals surface area contributed by atoms with E-state index in [1.807, 2.05) is 20.0 Å². The van der Waals surface area contributed by atoms with Crippen LogP contribution in [-0.4, -0.2) is 19.3 Å². The molecule has 0 aliphatic carbocycles. The van der Waals surface area contributed by atoms with Gasteiger partial charge in [-0.25, -0.2) is 4.98 Å². The van der Waals surface area contributed by atoms with Crippen molar-refractivity contribution in [2.24, 2.45) is 7.05 Å². The smallest absolute Gasteiger partial charge is 0.274 e. The zero-order chi connectivity index (χ0) is 12.6. The SMILES string of the molecule is Cc1cc(Cn2cnc(Cl)c(Cl)c2=O)n(C)n1. The van der Waals surface area contributed by atoms with Gasteiger partial charge in [0.15, 0.2) is 5.15 Å². The van der Waals surface area contributed by atoms with Crippen LogP contribution in [0.2, 0.25) is 10.2 Å². The van der Waals surface area contributed by atoms with Crippen LogP contribution in [0.15, 0.2) is 17.2 Å². The summed E-state index contributed by atoms with van der Waals surface area (Å²) in [6, 6.07) is 1.90. The Bertz CT molecular complexity index is 617. The van der Waals surface area contributed by atoms with E-state index in [0.29, 0.717) is 6.54 Å². The minimum Gasteiger partial charge on any atom is -0.292 e. The van der Waals surface area contributed by atoms with Crippen LogP contribution < -0.4 is 5.56 Å². The zero-order valence-electron chi connectivity index (χ0n) is 9.31. The predicted octanol–water partition coefficient (Wildman–Crippen LogP) is 1.64. The first kappa shape index (κ1) is 12.1. The molecule has 0 N–H and O–H groups in total. The quantitative estimate of drug-likeness (QED) is 0.781. The molecular weight excluding hydrogens is 263 g/mol. The summed E-state index contributed by atoms with van der Waals surface area (Å²) in [5.41, 5.74) is 1.43. The highest BCUT2D eigenvalue weighted by Gasteiger charge is 2.09. The first-order chi connectivity index (χ1) is 7.99. The minimum absolute atomic E-state index is 0.0223. The van der Waals surface area contributed by atoms with E-state index < -0.39 is 0 Å². The topological polar surface area (TPSA) is 52.7 Å². The molecule has 0 bridgehead atoms. The van der Waals surface area contributed by atoms with Crippen molar-refractivity contribution in [2.75, 3.05) is 0 Å². The number of aryl methyl sites for hydroxylation is 2. The van der Waals surface area contributed by atoms with Gasteiger partial charge < -0.3 is 0 Å². The lowest BCUT2D eigenvalue weighted by Crippen LogP contribution is -2.22. The maximum absolute atomic E-state index is 11.8. The van der Waals surface area contributed by atoms with Crippen molar-refractivity contribution in [2.45, 2.75) is 13.5 Å². The molecule has 2 aromatic rings. The first-order valence-corrected chi connectivity index (χ1v) is 5.64. The number of hydrogen-bond acceptors (Lipinski definition) is 3. The highest BCUT2D eigenvalue weighted by atomic mass is 35.5. The highest BCUT2D eigenvalue weighted by molar-refractivity contribution is 6.40. The van der Waals surface area contributed by atoms with E-state index in [0.717, 1.165) is 11.4 Å². The van der Waals surface area contributed by atoms with Crippen molar-refractivity contribution in [1.29, 1.82) is 0 Å². The standard InChI is InChI=1S/C10H10Cl2N4O/c1-6-3-7(15(2)14-6)4-16-5-13-9(12)8(11)10(16)17/h3,5H,4H2,1-2H3. The van der Waals surface area contributed by atoms with Crippen molar-refractivity contribution in [3.63, 3.8) is 0 Å². The molecule has 2 rings (SSSR count). The molecule has 5 nitrogen and oxygen atoms in total. The van der Waals surface area contributed by atoms with Crippen LogP contribution in [0.3, 0.4) is 0 Å². The fourth-order valence-corrected chi connectivity index (χ4v) is 1.83. The molecule has 0 aliphatic rings. The molecule has 0 saturated heterocycles. The van der Waals surface area contributed by atoms with Gasteiger partial charge in [0.1, 0.15) is 5.02 Å². The van der Waals surface area contributed by atoms with E-state index in [-0.39, 0.29) is 15.7 Å². The summed E-state index contributed by atoms with van der Waals surface area (Å²) in [6.45, 7) is 2.25. The Morgan fingerprint density at radius 2 is 2.12 bits per heavy atom. The summed E-state index contributed by atoms with van der Waals surface area (Å²) in [5.74, 6) is 0. The zero-order valence-corrected chi connectivity index (χ0v) is 10.8. The van der Waals surface area contributed by atoms with Gasteiger partial charge in [-0.3, -0.25) is 14.0 Å². The summed E-state index contributed by atoms with van der Waals surface area (Å²) in [5, 5.41) is 4.16. The van der Waals surface area contributed by atoms with Crippen LogP contribution in [-0.2, 0) is 13.6 Å². The van der Waals surface area contributed by atoms with Gasteiger partial charge in [-0.1, -0.05) is 23.2 Å². The third-order valence-corrected chi connectivity index (χ3v) is 3.10. The molecule has 2 heterocycles. The number of aromatic nitrogens is 4. The van der Waals surface area contributed by atoms with E-state index in [1.165, 1.54) is 10.9 Å². The van der Waals surface area contributed by atoms with Gasteiger partial charge in [0.2, 0.25) is 0 Å². The van der Waals surface area contributed by atoms with Crippen molar-refractivity contribution < 1.29 is 0 Å². The minimum atomic E-state index is -0.356. The average molecular weight is 273 g/mol. The first-order valence-electron chi connectivity index (χ1n) is 4.89. The van der Waals surface area contributed by atoms with E-state index in [1.54, 1.807) is 4.68 Å². The van der Waals surface area contributed by atoms with E-state index in [9.17, 15) is 4.79 Å². The van der Waals surface area contributed by atoms with Crippen molar-refractivity contribution in [1.82, 2.24) is 19.3 Å². The Morgan fingerprint density at radius 3 is 2.71 bits per heavy atom.